The second-order valence-corrected chi connectivity index (χ2v) is 9.22. The summed E-state index contributed by atoms with van der Waals surface area (Å²) in [5.41, 5.74) is 1.14. The smallest absolute Gasteiger partial charge is 0.240 e. The molecule has 2 aromatic rings. The molecule has 8 heteroatoms. The molecule has 0 radical (unpaired) electrons. The van der Waals surface area contributed by atoms with Gasteiger partial charge in [0.15, 0.2) is 0 Å². The van der Waals surface area contributed by atoms with Gasteiger partial charge in [0.2, 0.25) is 15.9 Å². The van der Waals surface area contributed by atoms with Crippen LogP contribution in [-0.4, -0.2) is 39.4 Å². The lowest BCUT2D eigenvalue weighted by atomic mass is 10.2. The van der Waals surface area contributed by atoms with E-state index in [1.807, 2.05) is 30.3 Å². The molecule has 0 saturated heterocycles. The molecule has 0 aliphatic carbocycles. The van der Waals surface area contributed by atoms with E-state index in [9.17, 15) is 13.2 Å². The summed E-state index contributed by atoms with van der Waals surface area (Å²) < 4.78 is 25.4. The van der Waals surface area contributed by atoms with Gasteiger partial charge in [-0.3, -0.25) is 9.10 Å². The number of nitrogens with zero attached hydrogens (tertiary/aromatic N) is 1. The highest BCUT2D eigenvalue weighted by Gasteiger charge is 2.22. The number of sulfonamides is 1. The molecule has 2 rings (SSSR count). The van der Waals surface area contributed by atoms with Crippen LogP contribution in [0.1, 0.15) is 5.56 Å². The third kappa shape index (κ3) is 6.23. The molecule has 5 nitrogen and oxygen atoms in total. The summed E-state index contributed by atoms with van der Waals surface area (Å²) in [6.07, 6.45) is 1.08. The van der Waals surface area contributed by atoms with E-state index >= 15 is 0 Å². The molecule has 0 aromatic heterocycles. The SMILES string of the molecule is Cc1ccc(Cl)cc1N(CC(=O)NCCSc1ccccc1)S(C)(=O)=O. The molecule has 0 aliphatic rings. The average molecular weight is 413 g/mol. The molecule has 0 unspecified atom stereocenters. The Morgan fingerprint density at radius 1 is 1.19 bits per heavy atom. The topological polar surface area (TPSA) is 66.5 Å². The second kappa shape index (κ2) is 9.30. The number of halogens is 1. The van der Waals surface area contributed by atoms with Crippen LogP contribution in [0.2, 0.25) is 5.02 Å². The van der Waals surface area contributed by atoms with Crippen molar-refractivity contribution in [1.82, 2.24) is 5.32 Å². The lowest BCUT2D eigenvalue weighted by molar-refractivity contribution is -0.119. The number of carbonyl (C=O) groups is 1. The Balaban J connectivity index is 1.96. The fourth-order valence-corrected chi connectivity index (χ4v) is 4.16. The normalized spacial score (nSPS) is 11.2. The van der Waals surface area contributed by atoms with Crippen molar-refractivity contribution in [3.05, 3.63) is 59.1 Å². The fraction of sp³-hybridized carbons (Fsp3) is 0.278. The van der Waals surface area contributed by atoms with Crippen LogP contribution in [0.4, 0.5) is 5.69 Å². The van der Waals surface area contributed by atoms with E-state index in [-0.39, 0.29) is 12.5 Å². The second-order valence-electron chi connectivity index (χ2n) is 5.71. The minimum atomic E-state index is -3.62. The first kappa shape index (κ1) is 20.6. The number of hydrogen-bond acceptors (Lipinski definition) is 4. The molecule has 0 heterocycles. The Morgan fingerprint density at radius 3 is 2.54 bits per heavy atom. The first-order valence-corrected chi connectivity index (χ1v) is 11.2. The first-order chi connectivity index (χ1) is 12.3. The van der Waals surface area contributed by atoms with Gasteiger partial charge < -0.3 is 5.32 Å². The Labute approximate surface area is 163 Å². The lowest BCUT2D eigenvalue weighted by Crippen LogP contribution is -2.41. The van der Waals surface area contributed by atoms with E-state index in [2.05, 4.69) is 5.32 Å². The molecule has 1 N–H and O–H groups in total. The van der Waals surface area contributed by atoms with Crippen molar-refractivity contribution in [2.75, 3.05) is 29.4 Å². The van der Waals surface area contributed by atoms with Gasteiger partial charge in [-0.25, -0.2) is 8.42 Å². The molecule has 1 amide bonds. The predicted molar refractivity (Wildman–Crippen MR) is 109 cm³/mol. The number of amides is 1. The van der Waals surface area contributed by atoms with Crippen LogP contribution in [0, 0.1) is 6.92 Å². The highest BCUT2D eigenvalue weighted by molar-refractivity contribution is 7.99. The summed E-state index contributed by atoms with van der Waals surface area (Å²) >= 11 is 7.61. The number of anilines is 1. The molecule has 0 aliphatic heterocycles. The monoisotopic (exact) mass is 412 g/mol. The summed E-state index contributed by atoms with van der Waals surface area (Å²) in [6, 6.07) is 14.8. The van der Waals surface area contributed by atoms with Crippen molar-refractivity contribution >= 4 is 45.0 Å². The number of hydrogen-bond donors (Lipinski definition) is 1. The summed E-state index contributed by atoms with van der Waals surface area (Å²) in [7, 11) is -3.62. The summed E-state index contributed by atoms with van der Waals surface area (Å²) in [5, 5.41) is 3.18. The van der Waals surface area contributed by atoms with Crippen LogP contribution in [0.3, 0.4) is 0 Å². The van der Waals surface area contributed by atoms with Crippen molar-refractivity contribution in [1.29, 1.82) is 0 Å². The number of aryl methyl sites for hydroxylation is 1. The van der Waals surface area contributed by atoms with Gasteiger partial charge >= 0.3 is 0 Å². The molecule has 0 spiro atoms. The zero-order valence-electron chi connectivity index (χ0n) is 14.6. The lowest BCUT2D eigenvalue weighted by Gasteiger charge is -2.23. The molecule has 0 saturated carbocycles. The van der Waals surface area contributed by atoms with Gasteiger partial charge in [-0.2, -0.15) is 0 Å². The van der Waals surface area contributed by atoms with Gasteiger partial charge in [-0.05, 0) is 36.8 Å². The van der Waals surface area contributed by atoms with E-state index < -0.39 is 10.0 Å². The number of carbonyl (C=O) groups excluding carboxylic acids is 1. The van der Waals surface area contributed by atoms with Crippen molar-refractivity contribution in [3.8, 4) is 0 Å². The van der Waals surface area contributed by atoms with Crippen molar-refractivity contribution in [2.45, 2.75) is 11.8 Å². The molecule has 0 bridgehead atoms. The number of benzene rings is 2. The quantitative estimate of drug-likeness (QED) is 0.533. The molecular formula is C18H21ClN2O3S2. The Hall–Kier alpha value is -1.70. The predicted octanol–water partition coefficient (Wildman–Crippen LogP) is 3.32. The minimum Gasteiger partial charge on any atom is -0.354 e. The maximum atomic E-state index is 12.2. The number of nitrogens with one attached hydrogen (secondary N) is 1. The molecular weight excluding hydrogens is 392 g/mol. The Bertz CT molecular complexity index is 858. The van der Waals surface area contributed by atoms with Crippen LogP contribution < -0.4 is 9.62 Å². The largest absolute Gasteiger partial charge is 0.354 e. The zero-order valence-corrected chi connectivity index (χ0v) is 17.0. The third-order valence-corrected chi connectivity index (χ3v) is 5.94. The molecule has 0 atom stereocenters. The standard InChI is InChI=1S/C18H21ClN2O3S2/c1-14-8-9-15(19)12-17(14)21(26(2,23)24)13-18(22)20-10-11-25-16-6-4-3-5-7-16/h3-9,12H,10-11,13H2,1-2H3,(H,20,22). The maximum absolute atomic E-state index is 12.2. The van der Waals surface area contributed by atoms with Crippen molar-refractivity contribution in [2.24, 2.45) is 0 Å². The van der Waals surface area contributed by atoms with Crippen molar-refractivity contribution < 1.29 is 13.2 Å². The first-order valence-electron chi connectivity index (χ1n) is 7.96. The highest BCUT2D eigenvalue weighted by atomic mass is 35.5. The van der Waals surface area contributed by atoms with Gasteiger partial charge in [0.25, 0.3) is 0 Å². The van der Waals surface area contributed by atoms with Crippen LogP contribution in [0.25, 0.3) is 0 Å². The van der Waals surface area contributed by atoms with Gasteiger partial charge in [-0.1, -0.05) is 35.9 Å². The summed E-state index contributed by atoms with van der Waals surface area (Å²) in [4.78, 5) is 13.3. The Morgan fingerprint density at radius 2 is 1.88 bits per heavy atom. The zero-order chi connectivity index (χ0) is 19.2. The maximum Gasteiger partial charge on any atom is 0.240 e. The van der Waals surface area contributed by atoms with Crippen LogP contribution in [0.15, 0.2) is 53.4 Å². The van der Waals surface area contributed by atoms with E-state index in [1.54, 1.807) is 36.9 Å². The van der Waals surface area contributed by atoms with E-state index in [1.165, 1.54) is 0 Å². The highest BCUT2D eigenvalue weighted by Crippen LogP contribution is 2.26. The fourth-order valence-electron chi connectivity index (χ4n) is 2.29. The van der Waals surface area contributed by atoms with E-state index in [0.29, 0.717) is 23.0 Å². The summed E-state index contributed by atoms with van der Waals surface area (Å²) in [5.74, 6) is 0.341. The van der Waals surface area contributed by atoms with Gasteiger partial charge in [0, 0.05) is 22.2 Å². The van der Waals surface area contributed by atoms with E-state index in [0.717, 1.165) is 21.0 Å². The molecule has 140 valence electrons. The average Bonchev–Trinajstić information content (AvgIpc) is 2.59. The number of rotatable bonds is 8. The van der Waals surface area contributed by atoms with Crippen molar-refractivity contribution in [3.63, 3.8) is 0 Å². The van der Waals surface area contributed by atoms with Gasteiger partial charge in [-0.15, -0.1) is 11.8 Å². The van der Waals surface area contributed by atoms with Gasteiger partial charge in [0.1, 0.15) is 6.54 Å². The Kier molecular flexibility index (Phi) is 7.37. The van der Waals surface area contributed by atoms with Crippen LogP contribution >= 0.6 is 23.4 Å². The molecule has 2 aromatic carbocycles. The van der Waals surface area contributed by atoms with Crippen LogP contribution in [-0.2, 0) is 14.8 Å². The minimum absolute atomic E-state index is 0.282. The van der Waals surface area contributed by atoms with Gasteiger partial charge in [0.05, 0.1) is 11.9 Å². The summed E-state index contributed by atoms with van der Waals surface area (Å²) in [6.45, 7) is 1.94. The third-order valence-electron chi connectivity index (χ3n) is 3.56. The van der Waals surface area contributed by atoms with E-state index in [4.69, 9.17) is 11.6 Å². The number of thioether (sulfide) groups is 1. The van der Waals surface area contributed by atoms with Crippen LogP contribution in [0.5, 0.6) is 0 Å². The molecule has 0 fully saturated rings. The molecule has 26 heavy (non-hydrogen) atoms.